The third-order valence-electron chi connectivity index (χ3n) is 3.99. The molecule has 1 amide bonds. The summed E-state index contributed by atoms with van der Waals surface area (Å²) in [7, 11) is 0. The van der Waals surface area contributed by atoms with Crippen molar-refractivity contribution < 1.29 is 9.21 Å². The van der Waals surface area contributed by atoms with Gasteiger partial charge in [0.2, 0.25) is 11.8 Å². The van der Waals surface area contributed by atoms with Gasteiger partial charge in [-0.15, -0.1) is 0 Å². The number of carbonyl (C=O) groups is 1. The van der Waals surface area contributed by atoms with Crippen molar-refractivity contribution in [1.29, 1.82) is 0 Å². The van der Waals surface area contributed by atoms with Crippen molar-refractivity contribution in [2.45, 2.75) is 6.54 Å². The van der Waals surface area contributed by atoms with Gasteiger partial charge in [-0.05, 0) is 17.7 Å². The summed E-state index contributed by atoms with van der Waals surface area (Å²) in [6.07, 6.45) is 7.70. The second kappa shape index (κ2) is 6.64. The van der Waals surface area contributed by atoms with Crippen molar-refractivity contribution in [2.24, 2.45) is 0 Å². The summed E-state index contributed by atoms with van der Waals surface area (Å²) in [6.45, 7) is 3.86. The van der Waals surface area contributed by atoms with Crippen LogP contribution in [0.2, 0.25) is 0 Å². The molecule has 0 spiro atoms. The Kier molecular flexibility index (Phi) is 4.03. The summed E-state index contributed by atoms with van der Waals surface area (Å²) in [6, 6.07) is 7.82. The third-order valence-corrected chi connectivity index (χ3v) is 3.99. The maximum atomic E-state index is 11.4. The van der Waals surface area contributed by atoms with E-state index in [2.05, 4.69) is 31.8 Å². The molecule has 0 unspecified atom stereocenters. The van der Waals surface area contributed by atoms with Crippen molar-refractivity contribution >= 4 is 16.9 Å². The van der Waals surface area contributed by atoms with Gasteiger partial charge >= 0.3 is 0 Å². The van der Waals surface area contributed by atoms with Gasteiger partial charge in [-0.1, -0.05) is 24.8 Å². The molecule has 0 bridgehead atoms. The molecule has 0 aliphatic carbocycles. The highest BCUT2D eigenvalue weighted by molar-refractivity contribution is 6.01. The van der Waals surface area contributed by atoms with Crippen molar-refractivity contribution in [2.75, 3.05) is 0 Å². The summed E-state index contributed by atoms with van der Waals surface area (Å²) < 4.78 is 5.43. The lowest BCUT2D eigenvalue weighted by atomic mass is 10.0. The number of nitrogens with zero attached hydrogens (tertiary/aromatic N) is 3. The summed E-state index contributed by atoms with van der Waals surface area (Å²) >= 11 is 0. The van der Waals surface area contributed by atoms with Gasteiger partial charge in [0.1, 0.15) is 18.2 Å². The maximum Gasteiger partial charge on any atom is 0.243 e. The van der Waals surface area contributed by atoms with Gasteiger partial charge in [0.15, 0.2) is 0 Å². The normalized spacial score (nSPS) is 10.8. The Morgan fingerprint density at radius 1 is 1.31 bits per heavy atom. The van der Waals surface area contributed by atoms with E-state index in [-0.39, 0.29) is 5.91 Å². The number of hydrogen-bond donors (Lipinski definition) is 2. The fraction of sp³-hybridized carbons (Fsp3) is 0.0526. The van der Waals surface area contributed by atoms with Crippen LogP contribution in [0.4, 0.5) is 0 Å². The number of carbonyl (C=O) groups excluding carboxylic acids is 1. The third kappa shape index (κ3) is 2.86. The minimum atomic E-state index is -0.211. The number of amides is 1. The second-order valence-electron chi connectivity index (χ2n) is 5.61. The molecule has 0 atom stereocenters. The fourth-order valence-electron chi connectivity index (χ4n) is 2.80. The molecule has 26 heavy (non-hydrogen) atoms. The minimum Gasteiger partial charge on any atom is -0.444 e. The van der Waals surface area contributed by atoms with E-state index in [1.54, 1.807) is 6.20 Å². The fourth-order valence-corrected chi connectivity index (χ4v) is 2.80. The van der Waals surface area contributed by atoms with E-state index >= 15 is 0 Å². The number of nitrogens with one attached hydrogen (secondary N) is 2. The molecule has 3 aromatic heterocycles. The Labute approximate surface area is 148 Å². The molecule has 4 aromatic rings. The monoisotopic (exact) mass is 345 g/mol. The topological polar surface area (TPSA) is 96.7 Å². The number of H-pyrrole nitrogens is 1. The number of aromatic amines is 1. The molecular formula is C19H15N5O2. The SMILES string of the molecule is C=CC(=O)NCc1cccc(-c2ncnc3[nH]cc(-c4ncco4)c23)c1. The Morgan fingerprint density at radius 2 is 2.23 bits per heavy atom. The van der Waals surface area contributed by atoms with Crippen LogP contribution in [-0.2, 0) is 11.3 Å². The van der Waals surface area contributed by atoms with Gasteiger partial charge in [0.25, 0.3) is 0 Å². The number of rotatable bonds is 5. The van der Waals surface area contributed by atoms with Crippen molar-refractivity contribution in [3.63, 3.8) is 0 Å². The van der Waals surface area contributed by atoms with Crippen molar-refractivity contribution in [1.82, 2.24) is 25.3 Å². The molecule has 2 N–H and O–H groups in total. The molecule has 3 heterocycles. The van der Waals surface area contributed by atoms with E-state index < -0.39 is 0 Å². The van der Waals surface area contributed by atoms with Crippen LogP contribution in [0.3, 0.4) is 0 Å². The highest BCUT2D eigenvalue weighted by Gasteiger charge is 2.16. The molecule has 7 heteroatoms. The number of oxazole rings is 1. The van der Waals surface area contributed by atoms with Crippen molar-refractivity contribution in [3.05, 3.63) is 67.5 Å². The predicted octanol–water partition coefficient (Wildman–Crippen LogP) is 3.08. The van der Waals surface area contributed by atoms with Crippen LogP contribution >= 0.6 is 0 Å². The van der Waals surface area contributed by atoms with Crippen LogP contribution in [0.5, 0.6) is 0 Å². The van der Waals surface area contributed by atoms with Gasteiger partial charge in [0, 0.05) is 18.3 Å². The largest absolute Gasteiger partial charge is 0.444 e. The summed E-state index contributed by atoms with van der Waals surface area (Å²) in [4.78, 5) is 27.5. The number of fused-ring (bicyclic) bond motifs is 1. The minimum absolute atomic E-state index is 0.211. The predicted molar refractivity (Wildman–Crippen MR) is 96.9 cm³/mol. The van der Waals surface area contributed by atoms with Crippen molar-refractivity contribution in [3.8, 4) is 22.7 Å². The summed E-state index contributed by atoms with van der Waals surface area (Å²) in [5.74, 6) is 0.290. The molecule has 1 aromatic carbocycles. The Morgan fingerprint density at radius 3 is 3.04 bits per heavy atom. The van der Waals surface area contributed by atoms with Crippen LogP contribution in [0, 0.1) is 0 Å². The molecular weight excluding hydrogens is 330 g/mol. The van der Waals surface area contributed by atoms with Crippen LogP contribution < -0.4 is 5.32 Å². The molecule has 0 radical (unpaired) electrons. The molecule has 0 saturated carbocycles. The average molecular weight is 345 g/mol. The summed E-state index contributed by atoms with van der Waals surface area (Å²) in [5, 5.41) is 3.61. The molecule has 128 valence electrons. The zero-order valence-corrected chi connectivity index (χ0v) is 13.8. The molecule has 4 rings (SSSR count). The number of hydrogen-bond acceptors (Lipinski definition) is 5. The van der Waals surface area contributed by atoms with Crippen LogP contribution in [0.25, 0.3) is 33.7 Å². The molecule has 0 fully saturated rings. The zero-order chi connectivity index (χ0) is 17.9. The molecule has 7 nitrogen and oxygen atoms in total. The van der Waals surface area contributed by atoms with E-state index in [0.717, 1.165) is 27.8 Å². The second-order valence-corrected chi connectivity index (χ2v) is 5.61. The molecule has 0 saturated heterocycles. The van der Waals surface area contributed by atoms with Gasteiger partial charge < -0.3 is 14.7 Å². The van der Waals surface area contributed by atoms with E-state index in [1.807, 2.05) is 30.5 Å². The lowest BCUT2D eigenvalue weighted by molar-refractivity contribution is -0.116. The lowest BCUT2D eigenvalue weighted by Crippen LogP contribution is -2.19. The first-order valence-corrected chi connectivity index (χ1v) is 7.98. The first-order valence-electron chi connectivity index (χ1n) is 7.98. The Balaban J connectivity index is 1.78. The lowest BCUT2D eigenvalue weighted by Gasteiger charge is -2.07. The van der Waals surface area contributed by atoms with Crippen LogP contribution in [0.1, 0.15) is 5.56 Å². The maximum absolute atomic E-state index is 11.4. The van der Waals surface area contributed by atoms with E-state index in [1.165, 1.54) is 18.7 Å². The Bertz CT molecular complexity index is 1080. The molecule has 0 aliphatic heterocycles. The first kappa shape index (κ1) is 15.8. The number of benzene rings is 1. The highest BCUT2D eigenvalue weighted by atomic mass is 16.3. The Hall–Kier alpha value is -3.74. The zero-order valence-electron chi connectivity index (χ0n) is 13.8. The average Bonchev–Trinajstić information content (AvgIpc) is 3.35. The smallest absolute Gasteiger partial charge is 0.243 e. The van der Waals surface area contributed by atoms with E-state index in [0.29, 0.717) is 18.1 Å². The van der Waals surface area contributed by atoms with Gasteiger partial charge in [0.05, 0.1) is 22.8 Å². The number of aromatic nitrogens is 4. The van der Waals surface area contributed by atoms with Gasteiger partial charge in [-0.3, -0.25) is 4.79 Å². The highest BCUT2D eigenvalue weighted by Crippen LogP contribution is 2.33. The van der Waals surface area contributed by atoms with E-state index in [9.17, 15) is 4.79 Å². The van der Waals surface area contributed by atoms with Crippen LogP contribution in [0.15, 0.2) is 66.3 Å². The van der Waals surface area contributed by atoms with Gasteiger partial charge in [-0.2, -0.15) is 0 Å². The van der Waals surface area contributed by atoms with Gasteiger partial charge in [-0.25, -0.2) is 15.0 Å². The molecule has 0 aliphatic rings. The standard InChI is InChI=1S/C19H15N5O2/c1-2-15(25)21-9-12-4-3-5-13(8-12)17-16-14(19-20-6-7-26-19)10-22-18(16)24-11-23-17/h2-8,10-11H,1,9H2,(H,21,25)(H,22,23,24). The van der Waals surface area contributed by atoms with Crippen LogP contribution in [-0.4, -0.2) is 25.8 Å². The quantitative estimate of drug-likeness (QED) is 0.542. The summed E-state index contributed by atoms with van der Waals surface area (Å²) in [5.41, 5.74) is 4.13. The van der Waals surface area contributed by atoms with E-state index in [4.69, 9.17) is 4.42 Å². The first-order chi connectivity index (χ1) is 12.8.